The van der Waals surface area contributed by atoms with Crippen molar-refractivity contribution in [3.63, 3.8) is 0 Å². The predicted octanol–water partition coefficient (Wildman–Crippen LogP) is 3.53. The van der Waals surface area contributed by atoms with E-state index < -0.39 is 17.2 Å². The van der Waals surface area contributed by atoms with E-state index in [2.05, 4.69) is 0 Å². The van der Waals surface area contributed by atoms with E-state index in [0.29, 0.717) is 11.3 Å². The number of halogens is 2. The van der Waals surface area contributed by atoms with Crippen LogP contribution >= 0.6 is 11.6 Å². The van der Waals surface area contributed by atoms with Gasteiger partial charge in [0.15, 0.2) is 0 Å². The zero-order valence-corrected chi connectivity index (χ0v) is 11.0. The van der Waals surface area contributed by atoms with Crippen molar-refractivity contribution in [1.82, 2.24) is 0 Å². The van der Waals surface area contributed by atoms with E-state index >= 15 is 0 Å². The number of aliphatic carboxylic acids is 1. The molecule has 0 aromatic heterocycles. The van der Waals surface area contributed by atoms with Crippen LogP contribution in [0.3, 0.4) is 0 Å². The molecule has 1 aromatic carbocycles. The normalized spacial score (nSPS) is 20.1. The maximum atomic E-state index is 13.6. The van der Waals surface area contributed by atoms with Crippen LogP contribution in [-0.4, -0.2) is 17.2 Å². The molecule has 2 aliphatic rings. The van der Waals surface area contributed by atoms with Gasteiger partial charge < -0.3 is 9.84 Å². The Balaban J connectivity index is 2.00. The number of carbonyl (C=O) groups is 1. The maximum Gasteiger partial charge on any atom is 0.304 e. The first kappa shape index (κ1) is 12.7. The van der Waals surface area contributed by atoms with E-state index in [1.807, 2.05) is 0 Å². The van der Waals surface area contributed by atoms with Crippen LogP contribution in [0.25, 0.3) is 0 Å². The van der Waals surface area contributed by atoms with Gasteiger partial charge in [0.05, 0.1) is 17.5 Å². The molecule has 0 radical (unpaired) electrons. The Bertz CT molecular complexity index is 536. The number of ether oxygens (including phenoxy) is 1. The van der Waals surface area contributed by atoms with E-state index in [1.165, 1.54) is 12.1 Å². The van der Waals surface area contributed by atoms with Crippen molar-refractivity contribution in [2.75, 3.05) is 0 Å². The highest BCUT2D eigenvalue weighted by Crippen LogP contribution is 2.55. The molecule has 0 amide bonds. The Morgan fingerprint density at radius 3 is 2.68 bits per heavy atom. The van der Waals surface area contributed by atoms with E-state index in [-0.39, 0.29) is 17.5 Å². The van der Waals surface area contributed by atoms with Crippen molar-refractivity contribution in [3.05, 3.63) is 28.5 Å². The fourth-order valence-electron chi connectivity index (χ4n) is 2.41. The largest absolute Gasteiger partial charge is 0.489 e. The number of carboxylic acid groups (broad SMARTS) is 1. The lowest BCUT2D eigenvalue weighted by molar-refractivity contribution is -0.137. The summed E-state index contributed by atoms with van der Waals surface area (Å²) in [5.74, 6) is -0.848. The summed E-state index contributed by atoms with van der Waals surface area (Å²) in [5, 5.41) is 9.24. The van der Waals surface area contributed by atoms with Crippen LogP contribution in [0.4, 0.5) is 4.39 Å². The minimum absolute atomic E-state index is 0.00614. The summed E-state index contributed by atoms with van der Waals surface area (Å²) in [6.07, 6.45) is 3.55. The van der Waals surface area contributed by atoms with Gasteiger partial charge in [0, 0.05) is 11.0 Å². The van der Waals surface area contributed by atoms with Crippen LogP contribution < -0.4 is 4.74 Å². The van der Waals surface area contributed by atoms with Crippen molar-refractivity contribution < 1.29 is 19.0 Å². The van der Waals surface area contributed by atoms with Gasteiger partial charge in [-0.2, -0.15) is 0 Å². The van der Waals surface area contributed by atoms with Gasteiger partial charge in [0.1, 0.15) is 11.6 Å². The summed E-state index contributed by atoms with van der Waals surface area (Å²) >= 11 is 6.06. The summed E-state index contributed by atoms with van der Waals surface area (Å²) in [4.78, 5) is 11.0. The minimum Gasteiger partial charge on any atom is -0.489 e. The highest BCUT2D eigenvalue weighted by molar-refractivity contribution is 6.32. The van der Waals surface area contributed by atoms with Gasteiger partial charge in [-0.1, -0.05) is 11.6 Å². The Morgan fingerprint density at radius 1 is 1.47 bits per heavy atom. The average molecular weight is 285 g/mol. The lowest BCUT2D eigenvalue weighted by Gasteiger charge is -2.19. The van der Waals surface area contributed by atoms with Gasteiger partial charge in [-0.05, 0) is 37.8 Å². The Morgan fingerprint density at radius 2 is 2.16 bits per heavy atom. The van der Waals surface area contributed by atoms with Crippen molar-refractivity contribution in [2.45, 2.75) is 43.6 Å². The third-order valence-electron chi connectivity index (χ3n) is 3.73. The molecule has 2 aliphatic carbocycles. The molecule has 0 unspecified atom stereocenters. The smallest absolute Gasteiger partial charge is 0.304 e. The third-order valence-corrected chi connectivity index (χ3v) is 4.01. The van der Waals surface area contributed by atoms with Crippen LogP contribution in [0, 0.1) is 5.82 Å². The van der Waals surface area contributed by atoms with Crippen molar-refractivity contribution in [3.8, 4) is 5.75 Å². The maximum absolute atomic E-state index is 13.6. The molecule has 19 heavy (non-hydrogen) atoms. The van der Waals surface area contributed by atoms with Gasteiger partial charge >= 0.3 is 5.97 Å². The van der Waals surface area contributed by atoms with E-state index in [1.54, 1.807) is 0 Å². The summed E-state index contributed by atoms with van der Waals surface area (Å²) < 4.78 is 19.3. The average Bonchev–Trinajstić information content (AvgIpc) is 3.17. The topological polar surface area (TPSA) is 46.5 Å². The molecule has 102 valence electrons. The number of hydrogen-bond acceptors (Lipinski definition) is 2. The third kappa shape index (κ3) is 2.54. The van der Waals surface area contributed by atoms with Crippen LogP contribution in [0.2, 0.25) is 5.02 Å². The van der Waals surface area contributed by atoms with Crippen molar-refractivity contribution >= 4 is 17.6 Å². The fourth-order valence-corrected chi connectivity index (χ4v) is 2.66. The second-order valence-corrected chi connectivity index (χ2v) is 5.84. The molecule has 5 heteroatoms. The molecule has 1 N–H and O–H groups in total. The lowest BCUT2D eigenvalue weighted by Crippen LogP contribution is -2.15. The molecule has 0 spiro atoms. The molecule has 0 atom stereocenters. The highest BCUT2D eigenvalue weighted by atomic mass is 35.5. The molecular formula is C14H14ClFO3. The molecule has 2 saturated carbocycles. The molecule has 2 fully saturated rings. The molecular weight excluding hydrogens is 271 g/mol. The monoisotopic (exact) mass is 284 g/mol. The predicted molar refractivity (Wildman–Crippen MR) is 68.2 cm³/mol. The Hall–Kier alpha value is -1.29. The van der Waals surface area contributed by atoms with Crippen molar-refractivity contribution in [1.29, 1.82) is 0 Å². The lowest BCUT2D eigenvalue weighted by atomic mass is 9.91. The Kier molecular flexibility index (Phi) is 2.93. The molecule has 0 saturated heterocycles. The number of rotatable bonds is 5. The van der Waals surface area contributed by atoms with Gasteiger partial charge in [0.2, 0.25) is 0 Å². The first-order chi connectivity index (χ1) is 9.00. The molecule has 0 bridgehead atoms. The highest BCUT2D eigenvalue weighted by Gasteiger charge is 2.49. The standard InChI is InChI=1S/C14H14ClFO3/c15-11-6-8(16)5-10(13(11)19-9-1-2-9)14(3-4-14)7-12(17)18/h5-6,9H,1-4,7H2,(H,17,18). The molecule has 0 heterocycles. The summed E-state index contributed by atoms with van der Waals surface area (Å²) in [5.41, 5.74) is 0.119. The zero-order valence-electron chi connectivity index (χ0n) is 10.3. The number of benzene rings is 1. The van der Waals surface area contributed by atoms with E-state index in [9.17, 15) is 9.18 Å². The van der Waals surface area contributed by atoms with Crippen LogP contribution in [-0.2, 0) is 10.2 Å². The second kappa shape index (κ2) is 4.37. The van der Waals surface area contributed by atoms with Gasteiger partial charge in [-0.3, -0.25) is 4.79 Å². The fraction of sp³-hybridized carbons (Fsp3) is 0.500. The van der Waals surface area contributed by atoms with E-state index in [0.717, 1.165) is 25.7 Å². The molecule has 0 aliphatic heterocycles. The van der Waals surface area contributed by atoms with Crippen LogP contribution in [0.5, 0.6) is 5.75 Å². The number of hydrogen-bond donors (Lipinski definition) is 1. The Labute approximate surface area is 115 Å². The quantitative estimate of drug-likeness (QED) is 0.900. The van der Waals surface area contributed by atoms with Crippen molar-refractivity contribution in [2.24, 2.45) is 0 Å². The number of carboxylic acids is 1. The minimum atomic E-state index is -0.879. The van der Waals surface area contributed by atoms with Gasteiger partial charge in [-0.25, -0.2) is 4.39 Å². The SMILES string of the molecule is O=C(O)CC1(c2cc(F)cc(Cl)c2OC2CC2)CC1. The van der Waals surface area contributed by atoms with Gasteiger partial charge in [-0.15, -0.1) is 0 Å². The molecule has 3 nitrogen and oxygen atoms in total. The van der Waals surface area contributed by atoms with Crippen LogP contribution in [0.1, 0.15) is 37.7 Å². The first-order valence-corrected chi connectivity index (χ1v) is 6.76. The van der Waals surface area contributed by atoms with E-state index in [4.69, 9.17) is 21.4 Å². The molecule has 3 rings (SSSR count). The zero-order chi connectivity index (χ0) is 13.6. The van der Waals surface area contributed by atoms with Crippen LogP contribution in [0.15, 0.2) is 12.1 Å². The summed E-state index contributed by atoms with van der Waals surface area (Å²) in [6, 6.07) is 2.60. The summed E-state index contributed by atoms with van der Waals surface area (Å²) in [7, 11) is 0. The first-order valence-electron chi connectivity index (χ1n) is 6.38. The van der Waals surface area contributed by atoms with Gasteiger partial charge in [0.25, 0.3) is 0 Å². The second-order valence-electron chi connectivity index (χ2n) is 5.43. The molecule has 1 aromatic rings. The summed E-state index contributed by atoms with van der Waals surface area (Å²) in [6.45, 7) is 0.